The van der Waals surface area contributed by atoms with Crippen LogP contribution in [0.1, 0.15) is 68.6 Å². The molecule has 0 unspecified atom stereocenters. The third kappa shape index (κ3) is 4.31. The highest BCUT2D eigenvalue weighted by Gasteiger charge is 2.55. The van der Waals surface area contributed by atoms with Crippen LogP contribution in [0.3, 0.4) is 0 Å². The Morgan fingerprint density at radius 2 is 1.85 bits per heavy atom. The maximum absolute atomic E-state index is 12.0. The topological polar surface area (TPSA) is 69.7 Å². The fourth-order valence-corrected chi connectivity index (χ4v) is 7.39. The summed E-state index contributed by atoms with van der Waals surface area (Å²) in [6, 6.07) is 8.56. The molecule has 0 saturated heterocycles. The van der Waals surface area contributed by atoms with Gasteiger partial charge in [-0.1, -0.05) is 36.6 Å². The van der Waals surface area contributed by atoms with Crippen LogP contribution in [0.2, 0.25) is 0 Å². The van der Waals surface area contributed by atoms with Crippen LogP contribution >= 0.6 is 0 Å². The Labute approximate surface area is 201 Å². The van der Waals surface area contributed by atoms with Crippen molar-refractivity contribution >= 4 is 17.7 Å². The number of ketones is 1. The molecule has 0 aromatic heterocycles. The van der Waals surface area contributed by atoms with Crippen LogP contribution in [-0.4, -0.2) is 24.3 Å². The third-order valence-corrected chi connectivity index (χ3v) is 9.03. The maximum Gasteiger partial charge on any atom is 0.358 e. The molecule has 0 radical (unpaired) electrons. The van der Waals surface area contributed by atoms with Crippen LogP contribution in [0.4, 0.5) is 0 Å². The molecular weight excluding hydrogens is 428 g/mol. The predicted octanol–water partition coefficient (Wildman–Crippen LogP) is 5.11. The van der Waals surface area contributed by atoms with Gasteiger partial charge in [-0.2, -0.15) is 0 Å². The first-order valence-corrected chi connectivity index (χ1v) is 12.6. The zero-order valence-electron chi connectivity index (χ0n) is 19.8. The second-order valence-electron chi connectivity index (χ2n) is 10.6. The highest BCUT2D eigenvalue weighted by atomic mass is 16.6. The Morgan fingerprint density at radius 3 is 2.68 bits per heavy atom. The molecule has 6 atom stereocenters. The van der Waals surface area contributed by atoms with Gasteiger partial charge in [-0.3, -0.25) is 4.79 Å². The van der Waals surface area contributed by atoms with Gasteiger partial charge in [0.25, 0.3) is 0 Å². The third-order valence-electron chi connectivity index (χ3n) is 9.03. The van der Waals surface area contributed by atoms with Gasteiger partial charge < -0.3 is 9.47 Å². The van der Waals surface area contributed by atoms with Crippen molar-refractivity contribution in [2.75, 3.05) is 6.61 Å². The van der Waals surface area contributed by atoms with E-state index in [1.807, 2.05) is 12.1 Å². The number of hydrogen-bond acceptors (Lipinski definition) is 5. The zero-order valence-corrected chi connectivity index (χ0v) is 19.8. The number of fused-ring (bicyclic) bond motifs is 5. The average Bonchev–Trinajstić information content (AvgIpc) is 3.19. The van der Waals surface area contributed by atoms with E-state index in [1.165, 1.54) is 24.8 Å². The summed E-state index contributed by atoms with van der Waals surface area (Å²) in [6.45, 7) is 1.93. The van der Waals surface area contributed by atoms with Crippen molar-refractivity contribution in [2.45, 2.75) is 58.3 Å². The van der Waals surface area contributed by atoms with E-state index in [-0.39, 0.29) is 11.3 Å². The Hall–Kier alpha value is -2.87. The van der Waals surface area contributed by atoms with E-state index < -0.39 is 18.5 Å². The number of benzene rings is 1. The largest absolute Gasteiger partial charge is 0.450 e. The highest BCUT2D eigenvalue weighted by molar-refractivity contribution is 5.91. The van der Waals surface area contributed by atoms with Crippen molar-refractivity contribution in [3.8, 4) is 12.0 Å². The van der Waals surface area contributed by atoms with Crippen LogP contribution in [0.5, 0.6) is 0 Å². The van der Waals surface area contributed by atoms with Crippen LogP contribution < -0.4 is 0 Å². The zero-order chi connectivity index (χ0) is 23.7. The lowest BCUT2D eigenvalue weighted by molar-refractivity contribution is -0.140. The highest BCUT2D eigenvalue weighted by Crippen LogP contribution is 2.63. The quantitative estimate of drug-likeness (QED) is 0.463. The number of carbonyl (C=O) groups is 3. The summed E-state index contributed by atoms with van der Waals surface area (Å²) in [5.74, 6) is 5.21. The van der Waals surface area contributed by atoms with Gasteiger partial charge in [0.1, 0.15) is 6.11 Å². The summed E-state index contributed by atoms with van der Waals surface area (Å²) in [5.41, 5.74) is 1.95. The van der Waals surface area contributed by atoms with Crippen LogP contribution in [0, 0.1) is 47.0 Å². The molecule has 0 spiro atoms. The lowest BCUT2D eigenvalue weighted by Crippen LogP contribution is -2.46. The molecule has 1 aromatic rings. The second kappa shape index (κ2) is 9.41. The monoisotopic (exact) mass is 460 g/mol. The molecule has 34 heavy (non-hydrogen) atoms. The Bertz CT molecular complexity index is 1060. The molecule has 0 N–H and O–H groups in total. The number of allylic oxidation sites excluding steroid dienone is 1. The van der Waals surface area contributed by atoms with Gasteiger partial charge in [0, 0.05) is 12.3 Å². The lowest BCUT2D eigenvalue weighted by Gasteiger charge is -2.53. The molecule has 1 aromatic carbocycles. The Kier molecular flexibility index (Phi) is 6.34. The normalized spacial score (nSPS) is 33.9. The molecule has 5 rings (SSSR count). The first-order valence-electron chi connectivity index (χ1n) is 12.6. The molecule has 0 heterocycles. The predicted molar refractivity (Wildman–Crippen MR) is 126 cm³/mol. The van der Waals surface area contributed by atoms with Crippen molar-refractivity contribution in [1.29, 1.82) is 0 Å². The van der Waals surface area contributed by atoms with Crippen LogP contribution in [0.15, 0.2) is 42.0 Å². The van der Waals surface area contributed by atoms with E-state index in [2.05, 4.69) is 19.0 Å². The Morgan fingerprint density at radius 1 is 1.03 bits per heavy atom. The smallest absolute Gasteiger partial charge is 0.358 e. The van der Waals surface area contributed by atoms with Crippen LogP contribution in [0.25, 0.3) is 0 Å². The summed E-state index contributed by atoms with van der Waals surface area (Å²) >= 11 is 0. The molecule has 0 amide bonds. The molecule has 5 heteroatoms. The van der Waals surface area contributed by atoms with Crippen molar-refractivity contribution < 1.29 is 23.9 Å². The maximum atomic E-state index is 12.0. The van der Waals surface area contributed by atoms with E-state index in [0.717, 1.165) is 25.7 Å². The van der Waals surface area contributed by atoms with Crippen LogP contribution in [-0.2, 0) is 19.1 Å². The van der Waals surface area contributed by atoms with Gasteiger partial charge in [-0.05, 0) is 92.2 Å². The van der Waals surface area contributed by atoms with Gasteiger partial charge in [0.05, 0.1) is 5.56 Å². The minimum Gasteiger partial charge on any atom is -0.450 e. The van der Waals surface area contributed by atoms with Gasteiger partial charge in [-0.25, -0.2) is 9.59 Å². The molecule has 3 saturated carbocycles. The van der Waals surface area contributed by atoms with E-state index in [4.69, 9.17) is 9.47 Å². The molecule has 0 bridgehead atoms. The summed E-state index contributed by atoms with van der Waals surface area (Å²) < 4.78 is 10.1. The number of ether oxygens (including phenoxy) is 2. The van der Waals surface area contributed by atoms with Gasteiger partial charge >= 0.3 is 11.9 Å². The van der Waals surface area contributed by atoms with E-state index in [1.54, 1.807) is 24.3 Å². The average molecular weight is 461 g/mol. The SMILES string of the molecule is C[C@]12CC[C@H]3[C@@H](CCC4=CC(=O)CC[C@@H]43)[C@@H]1CC[C@H]2C#COC(=O)COC(=O)c1ccccc1. The molecule has 0 aliphatic heterocycles. The van der Waals surface area contributed by atoms with Gasteiger partial charge in [-0.15, -0.1) is 0 Å². The molecule has 5 nitrogen and oxygen atoms in total. The number of esters is 2. The van der Waals surface area contributed by atoms with Crippen molar-refractivity contribution in [3.05, 3.63) is 47.5 Å². The van der Waals surface area contributed by atoms with Crippen molar-refractivity contribution in [2.24, 2.45) is 35.0 Å². The lowest BCUT2D eigenvalue weighted by atomic mass is 9.51. The first kappa shape index (κ1) is 22.9. The molecule has 4 aliphatic carbocycles. The molecule has 4 aliphatic rings. The van der Waals surface area contributed by atoms with E-state index >= 15 is 0 Å². The fraction of sp³-hybridized carbons (Fsp3) is 0.552. The standard InChI is InChI=1S/C29H32O5/c1-29-15-13-24-23-11-9-22(30)17-20(23)7-10-25(24)26(29)12-8-21(29)14-16-33-27(31)18-34-28(32)19-5-3-2-4-6-19/h2-6,17,21,23-26H,7-13,15,18H2,1H3/t21-,23-,24+,25+,26-,29+/m0/s1. The fourth-order valence-electron chi connectivity index (χ4n) is 7.39. The van der Waals surface area contributed by atoms with Crippen molar-refractivity contribution in [1.82, 2.24) is 0 Å². The van der Waals surface area contributed by atoms with Crippen molar-refractivity contribution in [3.63, 3.8) is 0 Å². The number of carbonyl (C=O) groups excluding carboxylic acids is 3. The van der Waals surface area contributed by atoms with Gasteiger partial charge in [0.2, 0.25) is 0 Å². The Balaban J connectivity index is 1.17. The molecule has 178 valence electrons. The van der Waals surface area contributed by atoms with Gasteiger partial charge in [0.15, 0.2) is 12.4 Å². The molecule has 3 fully saturated rings. The number of rotatable bonds is 3. The summed E-state index contributed by atoms with van der Waals surface area (Å²) in [4.78, 5) is 35.9. The van der Waals surface area contributed by atoms with E-state index in [0.29, 0.717) is 41.4 Å². The first-order chi connectivity index (χ1) is 16.5. The summed E-state index contributed by atoms with van der Waals surface area (Å²) in [6.07, 6.45) is 13.1. The minimum absolute atomic E-state index is 0.145. The molecular formula is C29H32O5. The van der Waals surface area contributed by atoms with E-state index in [9.17, 15) is 14.4 Å². The summed E-state index contributed by atoms with van der Waals surface area (Å²) in [5, 5.41) is 0. The second-order valence-corrected chi connectivity index (χ2v) is 10.6. The minimum atomic E-state index is -0.654. The number of hydrogen-bond donors (Lipinski definition) is 0. The summed E-state index contributed by atoms with van der Waals surface area (Å²) in [7, 11) is 0.